The molecule has 2 N–H and O–H groups in total. The number of nitrogens with zero attached hydrogens (tertiary/aromatic N) is 2. The van der Waals surface area contributed by atoms with Crippen LogP contribution in [0.5, 0.6) is 5.75 Å². The number of ether oxygens (including phenoxy) is 1. The molecule has 0 spiro atoms. The molecule has 114 valence electrons. The first-order chi connectivity index (χ1) is 9.86. The molecule has 1 aliphatic heterocycles. The topological polar surface area (TPSA) is 96.7 Å². The average Bonchev–Trinajstić information content (AvgIpc) is 2.36. The van der Waals surface area contributed by atoms with Gasteiger partial charge < -0.3 is 20.3 Å². The number of nitro benzene ring substituents is 1. The summed E-state index contributed by atoms with van der Waals surface area (Å²) in [6.07, 6.45) is 0. The normalized spacial score (nSPS) is 15.0. The van der Waals surface area contributed by atoms with Gasteiger partial charge in [-0.05, 0) is 27.1 Å². The maximum absolute atomic E-state index is 11.3. The third-order valence-corrected chi connectivity index (χ3v) is 2.97. The number of carbonyl (C=O) groups excluding carboxylic acids is 1. The van der Waals surface area contributed by atoms with Gasteiger partial charge in [0.2, 0.25) is 0 Å². The van der Waals surface area contributed by atoms with E-state index in [1.54, 1.807) is 0 Å². The minimum atomic E-state index is -0.467. The fourth-order valence-corrected chi connectivity index (χ4v) is 2.24. The van der Waals surface area contributed by atoms with Crippen molar-refractivity contribution in [2.45, 2.75) is 13.0 Å². The van der Waals surface area contributed by atoms with Crippen LogP contribution in [0.2, 0.25) is 0 Å². The third kappa shape index (κ3) is 3.60. The van der Waals surface area contributed by atoms with Gasteiger partial charge in [0.15, 0.2) is 12.4 Å². The maximum atomic E-state index is 11.3. The molecule has 0 aromatic heterocycles. The van der Waals surface area contributed by atoms with E-state index < -0.39 is 4.92 Å². The quantitative estimate of drug-likeness (QED) is 0.627. The Morgan fingerprint density at radius 2 is 2.24 bits per heavy atom. The average molecular weight is 294 g/mol. The smallest absolute Gasteiger partial charge is 0.296 e. The Hall–Kier alpha value is -2.35. The second-order valence-electron chi connectivity index (χ2n) is 5.27. The number of nitro groups is 1. The van der Waals surface area contributed by atoms with Gasteiger partial charge in [0.25, 0.3) is 11.6 Å². The number of anilines is 2. The molecule has 0 saturated carbocycles. The molecule has 1 aliphatic rings. The Labute approximate surface area is 122 Å². The summed E-state index contributed by atoms with van der Waals surface area (Å²) in [6, 6.07) is 2.88. The molecule has 1 aromatic carbocycles. The lowest BCUT2D eigenvalue weighted by Gasteiger charge is -2.22. The van der Waals surface area contributed by atoms with Crippen molar-refractivity contribution in [1.29, 1.82) is 0 Å². The molecule has 0 fully saturated rings. The predicted octanol–water partition coefficient (Wildman–Crippen LogP) is 1.29. The number of amides is 1. The largest absolute Gasteiger partial charge is 0.481 e. The van der Waals surface area contributed by atoms with Crippen molar-refractivity contribution in [2.24, 2.45) is 0 Å². The molecule has 21 heavy (non-hydrogen) atoms. The SMILES string of the molecule is CC(CN(C)C)Nc1cc2c(cc1[N+](=O)[O-])OCC(=O)N2. The van der Waals surface area contributed by atoms with Crippen molar-refractivity contribution < 1.29 is 14.5 Å². The van der Waals surface area contributed by atoms with Crippen molar-refractivity contribution in [2.75, 3.05) is 37.9 Å². The molecule has 0 saturated heterocycles. The third-order valence-electron chi connectivity index (χ3n) is 2.97. The van der Waals surface area contributed by atoms with Crippen LogP contribution >= 0.6 is 0 Å². The van der Waals surface area contributed by atoms with Crippen LogP contribution in [0, 0.1) is 10.1 Å². The zero-order valence-corrected chi connectivity index (χ0v) is 12.2. The van der Waals surface area contributed by atoms with Crippen LogP contribution in [0.1, 0.15) is 6.92 Å². The standard InChI is InChI=1S/C13H18N4O4/c1-8(6-16(2)3)14-9-4-10-12(5-11(9)17(19)20)21-7-13(18)15-10/h4-5,8,14H,6-7H2,1-3H3,(H,15,18). The van der Waals surface area contributed by atoms with Gasteiger partial charge in [-0.2, -0.15) is 0 Å². The first kappa shape index (κ1) is 15.0. The van der Waals surface area contributed by atoms with Crippen molar-refractivity contribution >= 4 is 23.0 Å². The molecule has 0 radical (unpaired) electrons. The molecular weight excluding hydrogens is 276 g/mol. The summed E-state index contributed by atoms with van der Waals surface area (Å²) < 4.78 is 5.20. The molecule has 0 aliphatic carbocycles. The van der Waals surface area contributed by atoms with Gasteiger partial charge >= 0.3 is 0 Å². The molecule has 1 unspecified atom stereocenters. The Balaban J connectivity index is 2.32. The van der Waals surface area contributed by atoms with Crippen molar-refractivity contribution in [1.82, 2.24) is 4.90 Å². The number of nitrogens with one attached hydrogen (secondary N) is 2. The Bertz CT molecular complexity index is 574. The lowest BCUT2D eigenvalue weighted by Crippen LogP contribution is -2.30. The number of benzene rings is 1. The highest BCUT2D eigenvalue weighted by Gasteiger charge is 2.24. The first-order valence-electron chi connectivity index (χ1n) is 6.53. The molecule has 2 rings (SSSR count). The summed E-state index contributed by atoms with van der Waals surface area (Å²) in [4.78, 5) is 24.0. The maximum Gasteiger partial charge on any atom is 0.296 e. The highest BCUT2D eigenvalue weighted by molar-refractivity contribution is 5.96. The number of hydrogen-bond acceptors (Lipinski definition) is 6. The van der Waals surface area contributed by atoms with Gasteiger partial charge in [0.05, 0.1) is 16.7 Å². The molecule has 1 amide bonds. The predicted molar refractivity (Wildman–Crippen MR) is 78.9 cm³/mol. The van der Waals surface area contributed by atoms with Crippen LogP contribution in [0.4, 0.5) is 17.1 Å². The number of likely N-dealkylation sites (N-methyl/N-ethyl adjacent to an activating group) is 1. The lowest BCUT2D eigenvalue weighted by atomic mass is 10.2. The van der Waals surface area contributed by atoms with E-state index in [1.165, 1.54) is 12.1 Å². The summed E-state index contributed by atoms with van der Waals surface area (Å²) in [5, 5.41) is 16.9. The van der Waals surface area contributed by atoms with Crippen molar-refractivity contribution in [3.8, 4) is 5.75 Å². The molecule has 1 heterocycles. The fourth-order valence-electron chi connectivity index (χ4n) is 2.24. The van der Waals surface area contributed by atoms with Crippen LogP contribution in [-0.4, -0.2) is 49.0 Å². The molecule has 8 nitrogen and oxygen atoms in total. The zero-order valence-electron chi connectivity index (χ0n) is 12.2. The fraction of sp³-hybridized carbons (Fsp3) is 0.462. The summed E-state index contributed by atoms with van der Waals surface area (Å²) >= 11 is 0. The molecule has 1 aromatic rings. The van der Waals surface area contributed by atoms with E-state index in [9.17, 15) is 14.9 Å². The summed E-state index contributed by atoms with van der Waals surface area (Å²) in [5.41, 5.74) is 0.728. The monoisotopic (exact) mass is 294 g/mol. The number of rotatable bonds is 5. The van der Waals surface area contributed by atoms with Crippen molar-refractivity contribution in [3.05, 3.63) is 22.2 Å². The van der Waals surface area contributed by atoms with E-state index in [0.717, 1.165) is 6.54 Å². The number of carbonyl (C=O) groups is 1. The second-order valence-corrected chi connectivity index (χ2v) is 5.27. The van der Waals surface area contributed by atoms with E-state index in [0.29, 0.717) is 17.1 Å². The van der Waals surface area contributed by atoms with E-state index in [4.69, 9.17) is 4.74 Å². The van der Waals surface area contributed by atoms with Gasteiger partial charge in [-0.3, -0.25) is 14.9 Å². The number of hydrogen-bond donors (Lipinski definition) is 2. The van der Waals surface area contributed by atoms with Crippen LogP contribution in [0.3, 0.4) is 0 Å². The van der Waals surface area contributed by atoms with Gasteiger partial charge in [-0.15, -0.1) is 0 Å². The van der Waals surface area contributed by atoms with Crippen LogP contribution in [0.15, 0.2) is 12.1 Å². The van der Waals surface area contributed by atoms with E-state index >= 15 is 0 Å². The van der Waals surface area contributed by atoms with E-state index in [-0.39, 0.29) is 24.2 Å². The summed E-state index contributed by atoms with van der Waals surface area (Å²) in [7, 11) is 3.85. The summed E-state index contributed by atoms with van der Waals surface area (Å²) in [6.45, 7) is 2.52. The summed E-state index contributed by atoms with van der Waals surface area (Å²) in [5.74, 6) is 0.0377. The van der Waals surface area contributed by atoms with Crippen molar-refractivity contribution in [3.63, 3.8) is 0 Å². The van der Waals surface area contributed by atoms with Crippen LogP contribution in [0.25, 0.3) is 0 Å². The highest BCUT2D eigenvalue weighted by atomic mass is 16.6. The molecule has 0 bridgehead atoms. The van der Waals surface area contributed by atoms with E-state index in [2.05, 4.69) is 10.6 Å². The Kier molecular flexibility index (Phi) is 4.27. The van der Waals surface area contributed by atoms with Gasteiger partial charge in [0, 0.05) is 12.6 Å². The minimum absolute atomic E-state index is 0.0111. The van der Waals surface area contributed by atoms with Gasteiger partial charge in [-0.1, -0.05) is 0 Å². The molecular formula is C13H18N4O4. The van der Waals surface area contributed by atoms with Gasteiger partial charge in [-0.25, -0.2) is 0 Å². The zero-order chi connectivity index (χ0) is 15.6. The molecule has 8 heteroatoms. The van der Waals surface area contributed by atoms with Crippen LogP contribution in [-0.2, 0) is 4.79 Å². The molecule has 1 atom stereocenters. The minimum Gasteiger partial charge on any atom is -0.481 e. The number of fused-ring (bicyclic) bond motifs is 1. The second kappa shape index (κ2) is 5.96. The highest BCUT2D eigenvalue weighted by Crippen LogP contribution is 2.38. The first-order valence-corrected chi connectivity index (χ1v) is 6.53. The Morgan fingerprint density at radius 1 is 1.52 bits per heavy atom. The van der Waals surface area contributed by atoms with E-state index in [1.807, 2.05) is 25.9 Å². The Morgan fingerprint density at radius 3 is 2.86 bits per heavy atom. The van der Waals surface area contributed by atoms with Gasteiger partial charge in [0.1, 0.15) is 5.69 Å². The lowest BCUT2D eigenvalue weighted by molar-refractivity contribution is -0.384. The van der Waals surface area contributed by atoms with Crippen LogP contribution < -0.4 is 15.4 Å².